The van der Waals surface area contributed by atoms with Gasteiger partial charge < -0.3 is 15.5 Å². The van der Waals surface area contributed by atoms with E-state index in [2.05, 4.69) is 15.1 Å². The quantitative estimate of drug-likeness (QED) is 0.397. The molecule has 0 radical (unpaired) electrons. The molecule has 1 aliphatic carbocycles. The van der Waals surface area contributed by atoms with Gasteiger partial charge in [-0.05, 0) is 78.5 Å². The zero-order chi connectivity index (χ0) is 26.9. The lowest BCUT2D eigenvalue weighted by Gasteiger charge is -2.42. The van der Waals surface area contributed by atoms with Gasteiger partial charge in [0.15, 0.2) is 26.8 Å². The lowest BCUT2D eigenvalue weighted by atomic mass is 9.73. The summed E-state index contributed by atoms with van der Waals surface area (Å²) in [6, 6.07) is 10.2. The lowest BCUT2D eigenvalue weighted by molar-refractivity contribution is 0.187. The number of halogens is 1. The number of rotatable bonds is 3. The maximum Gasteiger partial charge on any atom is 0.183 e. The highest BCUT2D eigenvalue weighted by Crippen LogP contribution is 2.51. The van der Waals surface area contributed by atoms with Crippen LogP contribution in [0, 0.1) is 11.2 Å². The fourth-order valence-corrected chi connectivity index (χ4v) is 7.77. The van der Waals surface area contributed by atoms with Crippen LogP contribution in [0.5, 0.6) is 0 Å². The molecule has 9 nitrogen and oxygen atoms in total. The molecule has 4 aromatic rings. The van der Waals surface area contributed by atoms with E-state index in [4.69, 9.17) is 15.7 Å². The Balaban J connectivity index is 1.14. The van der Waals surface area contributed by atoms with Crippen molar-refractivity contribution in [3.8, 4) is 0 Å². The first-order valence-corrected chi connectivity index (χ1v) is 15.2. The number of hydrogen-bond donors (Lipinski definition) is 2. The molecule has 7 rings (SSSR count). The van der Waals surface area contributed by atoms with Crippen molar-refractivity contribution < 1.29 is 12.8 Å². The molecule has 3 N–H and O–H groups in total. The number of aromatic amines is 1. The molecule has 4 heterocycles. The highest BCUT2D eigenvalue weighted by atomic mass is 32.2. The maximum absolute atomic E-state index is 13.8. The van der Waals surface area contributed by atoms with Gasteiger partial charge in [0.1, 0.15) is 11.6 Å². The summed E-state index contributed by atoms with van der Waals surface area (Å²) in [6.45, 7) is 2.29. The zero-order valence-corrected chi connectivity index (χ0v) is 22.5. The van der Waals surface area contributed by atoms with E-state index in [1.165, 1.54) is 12.3 Å². The van der Waals surface area contributed by atoms with Crippen molar-refractivity contribution in [3.63, 3.8) is 0 Å². The van der Waals surface area contributed by atoms with E-state index in [9.17, 15) is 12.8 Å². The molecule has 2 aromatic carbocycles. The predicted molar refractivity (Wildman–Crippen MR) is 147 cm³/mol. The van der Waals surface area contributed by atoms with Gasteiger partial charge in [-0.3, -0.25) is 5.10 Å². The number of hydrogen-bond acceptors (Lipinski definition) is 8. The Bertz CT molecular complexity index is 1710. The monoisotopic (exact) mass is 547 g/mol. The smallest absolute Gasteiger partial charge is 0.183 e. The van der Waals surface area contributed by atoms with Crippen molar-refractivity contribution in [2.45, 2.75) is 43.0 Å². The molecule has 39 heavy (non-hydrogen) atoms. The fourth-order valence-electron chi connectivity index (χ4n) is 6.79. The summed E-state index contributed by atoms with van der Waals surface area (Å²) in [4.78, 5) is 14.2. The molecule has 0 unspecified atom stereocenters. The molecule has 1 fully saturated rings. The Kier molecular flexibility index (Phi) is 5.47. The van der Waals surface area contributed by atoms with E-state index in [-0.39, 0.29) is 17.3 Å². The van der Waals surface area contributed by atoms with E-state index in [1.807, 2.05) is 17.0 Å². The number of anilines is 3. The number of fused-ring (bicyclic) bond motifs is 3. The first-order valence-electron chi connectivity index (χ1n) is 13.3. The largest absolute Gasteiger partial charge is 0.355 e. The number of sulfone groups is 1. The molecule has 0 bridgehead atoms. The minimum Gasteiger partial charge on any atom is -0.355 e. The molecule has 1 spiro atoms. The van der Waals surface area contributed by atoms with Crippen molar-refractivity contribution in [2.24, 2.45) is 11.1 Å². The average Bonchev–Trinajstić information content (AvgIpc) is 3.46. The summed E-state index contributed by atoms with van der Waals surface area (Å²) in [7, 11) is -3.34. The van der Waals surface area contributed by atoms with E-state index in [0.29, 0.717) is 34.8 Å². The van der Waals surface area contributed by atoms with Gasteiger partial charge in [0.25, 0.3) is 0 Å². The maximum atomic E-state index is 13.8. The Hall–Kier alpha value is -3.57. The predicted octanol–water partition coefficient (Wildman–Crippen LogP) is 3.82. The molecule has 11 heteroatoms. The second-order valence-corrected chi connectivity index (χ2v) is 13.1. The molecule has 0 saturated carbocycles. The van der Waals surface area contributed by atoms with Gasteiger partial charge in [-0.15, -0.1) is 0 Å². The normalized spacial score (nSPS) is 20.4. The number of piperidine rings is 1. The van der Waals surface area contributed by atoms with Crippen LogP contribution in [0.2, 0.25) is 0 Å². The van der Waals surface area contributed by atoms with Crippen LogP contribution in [0.25, 0.3) is 11.2 Å². The Morgan fingerprint density at radius 1 is 1.15 bits per heavy atom. The van der Waals surface area contributed by atoms with E-state index in [1.54, 1.807) is 24.4 Å². The van der Waals surface area contributed by atoms with Crippen LogP contribution in [0.3, 0.4) is 0 Å². The molecular formula is C28H30FN7O2S. The van der Waals surface area contributed by atoms with Gasteiger partial charge in [0, 0.05) is 37.6 Å². The summed E-state index contributed by atoms with van der Waals surface area (Å²) in [6.07, 6.45) is 7.22. The molecule has 2 aliphatic heterocycles. The van der Waals surface area contributed by atoms with Crippen LogP contribution in [-0.2, 0) is 22.7 Å². The molecule has 0 amide bonds. The van der Waals surface area contributed by atoms with Crippen molar-refractivity contribution in [1.82, 2.24) is 20.2 Å². The summed E-state index contributed by atoms with van der Waals surface area (Å²) in [5.74, 6) is 1.20. The summed E-state index contributed by atoms with van der Waals surface area (Å²) < 4.78 is 38.6. The Morgan fingerprint density at radius 2 is 1.97 bits per heavy atom. The third-order valence-corrected chi connectivity index (χ3v) is 10.0. The van der Waals surface area contributed by atoms with Crippen LogP contribution in [0.15, 0.2) is 47.5 Å². The number of benzene rings is 2. The Labute approximate surface area is 226 Å². The highest BCUT2D eigenvalue weighted by molar-refractivity contribution is 7.90. The SMILES string of the molecule is CS(=O)(=O)c1cccc2c1CCCN2c1n[nH]c2nc(N3CCC4(CC3)Cc3ccc(F)cc3[C@H]4N)cnc12. The molecule has 1 atom stereocenters. The molecular weight excluding hydrogens is 517 g/mol. The van der Waals surface area contributed by atoms with Gasteiger partial charge in [0.2, 0.25) is 0 Å². The first kappa shape index (κ1) is 24.5. The number of nitrogens with one attached hydrogen (secondary N) is 1. The average molecular weight is 548 g/mol. The number of H-pyrrole nitrogens is 1. The summed E-state index contributed by atoms with van der Waals surface area (Å²) in [5, 5.41) is 7.60. The fraction of sp³-hybridized carbons (Fsp3) is 0.393. The number of nitrogens with zero attached hydrogens (tertiary/aromatic N) is 5. The van der Waals surface area contributed by atoms with Crippen LogP contribution in [0.1, 0.15) is 42.0 Å². The number of nitrogens with two attached hydrogens (primary N) is 1. The standard InChI is InChI=1S/C28H30FN7O2S/c1-39(37,38)22-6-2-5-21-19(22)4-3-11-36(21)27-24-26(33-34-27)32-23(16-31-24)35-12-9-28(10-13-35)15-17-7-8-18(29)14-20(17)25(28)30/h2,5-8,14,16,25H,3-4,9-13,15,30H2,1H3,(H,32,33,34)/t25-/m1/s1. The summed E-state index contributed by atoms with van der Waals surface area (Å²) >= 11 is 0. The van der Waals surface area contributed by atoms with Crippen molar-refractivity contribution >= 4 is 38.3 Å². The van der Waals surface area contributed by atoms with E-state index < -0.39 is 9.84 Å². The third kappa shape index (κ3) is 3.89. The van der Waals surface area contributed by atoms with Crippen LogP contribution >= 0.6 is 0 Å². The van der Waals surface area contributed by atoms with Gasteiger partial charge in [-0.1, -0.05) is 12.1 Å². The van der Waals surface area contributed by atoms with Crippen molar-refractivity contribution in [1.29, 1.82) is 0 Å². The van der Waals surface area contributed by atoms with Crippen molar-refractivity contribution in [3.05, 3.63) is 65.1 Å². The van der Waals surface area contributed by atoms with E-state index in [0.717, 1.165) is 67.0 Å². The van der Waals surface area contributed by atoms with Gasteiger partial charge in [0.05, 0.1) is 11.1 Å². The number of aromatic nitrogens is 4. The summed E-state index contributed by atoms with van der Waals surface area (Å²) in [5.41, 5.74) is 11.6. The molecule has 2 aromatic heterocycles. The first-order chi connectivity index (χ1) is 18.7. The molecule has 3 aliphatic rings. The van der Waals surface area contributed by atoms with Crippen LogP contribution in [0.4, 0.5) is 21.7 Å². The van der Waals surface area contributed by atoms with Crippen LogP contribution in [-0.4, -0.2) is 54.5 Å². The second kappa shape index (κ2) is 8.72. The van der Waals surface area contributed by atoms with Gasteiger partial charge in [-0.2, -0.15) is 5.10 Å². The Morgan fingerprint density at radius 3 is 2.77 bits per heavy atom. The van der Waals surface area contributed by atoms with E-state index >= 15 is 0 Å². The van der Waals surface area contributed by atoms with Gasteiger partial charge >= 0.3 is 0 Å². The highest BCUT2D eigenvalue weighted by Gasteiger charge is 2.46. The molecule has 202 valence electrons. The minimum atomic E-state index is -3.34. The minimum absolute atomic E-state index is 0.0577. The molecule has 1 saturated heterocycles. The zero-order valence-electron chi connectivity index (χ0n) is 21.7. The third-order valence-electron chi connectivity index (χ3n) is 8.83. The van der Waals surface area contributed by atoms with Gasteiger partial charge in [-0.25, -0.2) is 22.8 Å². The lowest BCUT2D eigenvalue weighted by Crippen LogP contribution is -2.44. The van der Waals surface area contributed by atoms with Crippen LogP contribution < -0.4 is 15.5 Å². The van der Waals surface area contributed by atoms with Crippen molar-refractivity contribution in [2.75, 3.05) is 35.7 Å². The second-order valence-electron chi connectivity index (χ2n) is 11.1. The topological polar surface area (TPSA) is 121 Å².